The van der Waals surface area contributed by atoms with Crippen LogP contribution in [0.4, 0.5) is 0 Å². The van der Waals surface area contributed by atoms with E-state index in [1.165, 1.54) is 49.4 Å². The van der Waals surface area contributed by atoms with Gasteiger partial charge in [0.15, 0.2) is 5.58 Å². The number of benzene rings is 7. The van der Waals surface area contributed by atoms with E-state index in [1.807, 2.05) is 24.5 Å². The Kier molecular flexibility index (Phi) is 5.92. The zero-order valence-corrected chi connectivity index (χ0v) is 27.5. The van der Waals surface area contributed by atoms with Crippen molar-refractivity contribution in [2.45, 2.75) is 0 Å². The molecule has 11 rings (SSSR count). The Morgan fingerprint density at radius 2 is 1.02 bits per heavy atom. The molecule has 11 aromatic rings. The highest BCUT2D eigenvalue weighted by Gasteiger charge is 2.19. The van der Waals surface area contributed by atoms with E-state index in [0.717, 1.165) is 49.7 Å². The molecule has 0 aliphatic rings. The summed E-state index contributed by atoms with van der Waals surface area (Å²) in [7, 11) is 0. The van der Waals surface area contributed by atoms with Gasteiger partial charge < -0.3 is 13.6 Å². The summed E-state index contributed by atoms with van der Waals surface area (Å²) >= 11 is 0. The van der Waals surface area contributed by atoms with Crippen LogP contribution in [0.1, 0.15) is 0 Å². The molecule has 0 aliphatic heterocycles. The maximum absolute atomic E-state index is 6.49. The summed E-state index contributed by atoms with van der Waals surface area (Å²) < 4.78 is 11.2. The second-order valence-electron chi connectivity index (χ2n) is 13.2. The van der Waals surface area contributed by atoms with Crippen molar-refractivity contribution in [3.8, 4) is 33.6 Å². The molecule has 4 heterocycles. The first-order valence-corrected chi connectivity index (χ1v) is 17.3. The van der Waals surface area contributed by atoms with Crippen LogP contribution in [0.2, 0.25) is 0 Å². The van der Waals surface area contributed by atoms with Crippen molar-refractivity contribution >= 4 is 65.6 Å². The minimum Gasteiger partial charge on any atom is -0.454 e. The molecule has 4 heteroatoms. The Morgan fingerprint density at radius 1 is 0.392 bits per heavy atom. The first kappa shape index (κ1) is 28.0. The Morgan fingerprint density at radius 3 is 1.86 bits per heavy atom. The summed E-state index contributed by atoms with van der Waals surface area (Å²) in [6.07, 6.45) is 3.85. The molecule has 51 heavy (non-hydrogen) atoms. The van der Waals surface area contributed by atoms with Crippen LogP contribution < -0.4 is 0 Å². The zero-order valence-electron chi connectivity index (χ0n) is 27.5. The SMILES string of the molecule is c1ccc(-c2cccc(-n3c4ccccc4c4cc(-c5ccc6c(c5)c5ccncc5n6-c5cccc6c5oc5ccccc56)ccc43)c2)cc1. The maximum Gasteiger partial charge on any atom is 0.159 e. The van der Waals surface area contributed by atoms with Gasteiger partial charge >= 0.3 is 0 Å². The van der Waals surface area contributed by atoms with Crippen LogP contribution in [0, 0.1) is 0 Å². The van der Waals surface area contributed by atoms with Gasteiger partial charge in [-0.15, -0.1) is 0 Å². The van der Waals surface area contributed by atoms with Crippen LogP contribution in [0.3, 0.4) is 0 Å². The van der Waals surface area contributed by atoms with Gasteiger partial charge in [0.25, 0.3) is 0 Å². The first-order chi connectivity index (χ1) is 25.3. The van der Waals surface area contributed by atoms with Gasteiger partial charge in [-0.25, -0.2) is 0 Å². The lowest BCUT2D eigenvalue weighted by Crippen LogP contribution is -1.94. The van der Waals surface area contributed by atoms with E-state index in [9.17, 15) is 0 Å². The van der Waals surface area contributed by atoms with E-state index >= 15 is 0 Å². The van der Waals surface area contributed by atoms with Crippen molar-refractivity contribution in [3.05, 3.63) is 176 Å². The smallest absolute Gasteiger partial charge is 0.159 e. The molecule has 4 nitrogen and oxygen atoms in total. The molecule has 0 saturated heterocycles. The Hall–Kier alpha value is -6.91. The minimum atomic E-state index is 0.876. The fraction of sp³-hybridized carbons (Fsp3) is 0. The third kappa shape index (κ3) is 4.17. The van der Waals surface area contributed by atoms with Gasteiger partial charge in [-0.1, -0.05) is 103 Å². The van der Waals surface area contributed by atoms with Crippen LogP contribution in [0.5, 0.6) is 0 Å². The van der Waals surface area contributed by atoms with Crippen molar-refractivity contribution in [2.24, 2.45) is 0 Å². The molecule has 0 N–H and O–H groups in total. The number of aromatic nitrogens is 3. The van der Waals surface area contributed by atoms with Crippen molar-refractivity contribution in [2.75, 3.05) is 0 Å². The lowest BCUT2D eigenvalue weighted by Gasteiger charge is -2.11. The fourth-order valence-corrected chi connectivity index (χ4v) is 8.10. The number of hydrogen-bond acceptors (Lipinski definition) is 2. The van der Waals surface area contributed by atoms with E-state index in [1.54, 1.807) is 0 Å². The van der Waals surface area contributed by atoms with Crippen LogP contribution in [0.25, 0.3) is 99.2 Å². The molecule has 238 valence electrons. The number of rotatable bonds is 4. The highest BCUT2D eigenvalue weighted by molar-refractivity contribution is 6.14. The highest BCUT2D eigenvalue weighted by Crippen LogP contribution is 2.40. The Balaban J connectivity index is 1.09. The topological polar surface area (TPSA) is 35.9 Å². The second-order valence-corrected chi connectivity index (χ2v) is 13.2. The van der Waals surface area contributed by atoms with Gasteiger partial charge in [0.2, 0.25) is 0 Å². The van der Waals surface area contributed by atoms with E-state index < -0.39 is 0 Å². The Bertz CT molecular complexity index is 3140. The van der Waals surface area contributed by atoms with Crippen LogP contribution in [0.15, 0.2) is 181 Å². The largest absolute Gasteiger partial charge is 0.454 e. The average molecular weight is 652 g/mol. The second kappa shape index (κ2) is 10.8. The van der Waals surface area contributed by atoms with Gasteiger partial charge in [0.1, 0.15) is 5.58 Å². The third-order valence-corrected chi connectivity index (χ3v) is 10.4. The number of nitrogens with zero attached hydrogens (tertiary/aromatic N) is 3. The van der Waals surface area contributed by atoms with E-state index in [-0.39, 0.29) is 0 Å². The average Bonchev–Trinajstić information content (AvgIpc) is 3.86. The predicted molar refractivity (Wildman–Crippen MR) is 211 cm³/mol. The van der Waals surface area contributed by atoms with Crippen molar-refractivity contribution in [1.29, 1.82) is 0 Å². The molecule has 0 saturated carbocycles. The molecule has 0 spiro atoms. The van der Waals surface area contributed by atoms with Crippen LogP contribution >= 0.6 is 0 Å². The number of hydrogen-bond donors (Lipinski definition) is 0. The maximum atomic E-state index is 6.49. The lowest BCUT2D eigenvalue weighted by molar-refractivity contribution is 0.666. The number of pyridine rings is 1. The summed E-state index contributed by atoms with van der Waals surface area (Å²) in [6.45, 7) is 0. The predicted octanol–water partition coefficient (Wildman–Crippen LogP) is 12.5. The molecule has 0 aliphatic carbocycles. The first-order valence-electron chi connectivity index (χ1n) is 17.3. The molecule has 7 aromatic carbocycles. The van der Waals surface area contributed by atoms with Crippen molar-refractivity contribution in [1.82, 2.24) is 14.1 Å². The van der Waals surface area contributed by atoms with Crippen molar-refractivity contribution < 1.29 is 4.42 Å². The van der Waals surface area contributed by atoms with Crippen LogP contribution in [-0.4, -0.2) is 14.1 Å². The standard InChI is InChI=1S/C47H29N3O/c1-2-10-30(11-3-1)31-12-8-13-34(26-31)49-41-17-6-4-14-35(41)39-27-32(20-22-42(39)49)33-21-23-43-40(28-33)36-24-25-48-29-45(36)50(43)44-18-9-16-38-37-15-5-7-19-46(37)51-47(38)44/h1-29H. The minimum absolute atomic E-state index is 0.876. The molecule has 0 unspecified atom stereocenters. The lowest BCUT2D eigenvalue weighted by atomic mass is 10.0. The summed E-state index contributed by atoms with van der Waals surface area (Å²) in [4.78, 5) is 4.56. The molecule has 0 atom stereocenters. The van der Waals surface area contributed by atoms with E-state index in [2.05, 4.69) is 166 Å². The van der Waals surface area contributed by atoms with Gasteiger partial charge in [0, 0.05) is 44.2 Å². The van der Waals surface area contributed by atoms with Crippen molar-refractivity contribution in [3.63, 3.8) is 0 Å². The molecular weight excluding hydrogens is 623 g/mol. The molecule has 0 amide bonds. The number of para-hydroxylation sites is 3. The third-order valence-electron chi connectivity index (χ3n) is 10.4. The summed E-state index contributed by atoms with van der Waals surface area (Å²) in [5, 5.41) is 7.04. The van der Waals surface area contributed by atoms with Gasteiger partial charge in [-0.05, 0) is 82.9 Å². The number of furan rings is 1. The number of fused-ring (bicyclic) bond motifs is 9. The quantitative estimate of drug-likeness (QED) is 0.190. The molecule has 0 bridgehead atoms. The monoisotopic (exact) mass is 651 g/mol. The van der Waals surface area contributed by atoms with Crippen LogP contribution in [-0.2, 0) is 0 Å². The molecule has 4 aromatic heterocycles. The van der Waals surface area contributed by atoms with E-state index in [0.29, 0.717) is 0 Å². The summed E-state index contributed by atoms with van der Waals surface area (Å²) in [5.74, 6) is 0. The van der Waals surface area contributed by atoms with Gasteiger partial charge in [0.05, 0.1) is 34.0 Å². The normalized spacial score (nSPS) is 11.9. The molecular formula is C47H29N3O. The highest BCUT2D eigenvalue weighted by atomic mass is 16.3. The van der Waals surface area contributed by atoms with E-state index in [4.69, 9.17) is 4.42 Å². The Labute approximate surface area is 293 Å². The molecule has 0 fully saturated rings. The fourth-order valence-electron chi connectivity index (χ4n) is 8.10. The summed E-state index contributed by atoms with van der Waals surface area (Å²) in [5.41, 5.74) is 13.2. The zero-order chi connectivity index (χ0) is 33.5. The summed E-state index contributed by atoms with van der Waals surface area (Å²) in [6, 6.07) is 58.6. The van der Waals surface area contributed by atoms with Gasteiger partial charge in [-0.2, -0.15) is 0 Å². The van der Waals surface area contributed by atoms with Gasteiger partial charge in [-0.3, -0.25) is 4.98 Å². The molecule has 0 radical (unpaired) electrons.